The van der Waals surface area contributed by atoms with Crippen molar-refractivity contribution in [1.29, 1.82) is 0 Å². The highest BCUT2D eigenvalue weighted by molar-refractivity contribution is 6.00. The number of aryl methyl sites for hydroxylation is 3. The van der Waals surface area contributed by atoms with Gasteiger partial charge in [0.2, 0.25) is 0 Å². The molecule has 5 aromatic carbocycles. The lowest BCUT2D eigenvalue weighted by Crippen LogP contribution is -2.12. The number of rotatable bonds is 12. The first-order chi connectivity index (χ1) is 34.1. The molecule has 0 amide bonds. The Balaban J connectivity index is 1.05. The smallest absolute Gasteiger partial charge is 0.338 e. The van der Waals surface area contributed by atoms with Gasteiger partial charge in [0.1, 0.15) is 11.5 Å². The lowest BCUT2D eigenvalue weighted by molar-refractivity contribution is -0.143. The Hall–Kier alpha value is -8.76. The van der Waals surface area contributed by atoms with Crippen molar-refractivity contribution in [1.82, 2.24) is 19.9 Å². The fourth-order valence-corrected chi connectivity index (χ4v) is 8.88. The third-order valence-electron chi connectivity index (χ3n) is 12.6. The van der Waals surface area contributed by atoms with E-state index in [-0.39, 0.29) is 25.4 Å². The van der Waals surface area contributed by atoms with Crippen LogP contribution in [0.25, 0.3) is 90.9 Å². The van der Waals surface area contributed by atoms with Gasteiger partial charge in [0.15, 0.2) is 0 Å². The van der Waals surface area contributed by atoms with E-state index in [1.807, 2.05) is 12.1 Å². The molecule has 0 aliphatic carbocycles. The molecule has 0 radical (unpaired) electrons. The standard InChI is InChI=1S/C60H50N4O6/c1-36-6-12-39(13-7-36)56-46-23-25-48(61-46)57(40-14-8-37(2)9-15-40)50-27-29-52(63-50)59(53-30-28-51(64-53)58(49-26-24-47(56)62-49)41-16-10-38(3)11-17-41)42-18-20-43(21-19-42)60(67)70-33-5-32-69-55(66)35-44-34-45(68-4)22-31-54(44)65/h6-31,34,61,64-65H,5,32-33,35H2,1-4H3. The topological polar surface area (TPSA) is 139 Å². The van der Waals surface area contributed by atoms with E-state index < -0.39 is 11.9 Å². The zero-order valence-electron chi connectivity index (χ0n) is 39.3. The summed E-state index contributed by atoms with van der Waals surface area (Å²) in [5.74, 6) is -0.504. The molecule has 3 N–H and O–H groups in total. The van der Waals surface area contributed by atoms with E-state index in [0.29, 0.717) is 23.3 Å². The number of aromatic amines is 2. The van der Waals surface area contributed by atoms with Crippen LogP contribution < -0.4 is 4.74 Å². The molecule has 10 heteroatoms. The first-order valence-electron chi connectivity index (χ1n) is 23.2. The molecule has 8 bridgehead atoms. The number of aromatic hydroxyl groups is 1. The van der Waals surface area contributed by atoms with E-state index >= 15 is 0 Å². The van der Waals surface area contributed by atoms with Crippen LogP contribution in [0.3, 0.4) is 0 Å². The van der Waals surface area contributed by atoms with Crippen molar-refractivity contribution in [3.05, 3.63) is 190 Å². The van der Waals surface area contributed by atoms with Crippen LogP contribution in [0, 0.1) is 20.8 Å². The Kier molecular flexibility index (Phi) is 12.5. The Morgan fingerprint density at radius 3 is 1.29 bits per heavy atom. The molecule has 0 saturated carbocycles. The molecule has 0 fully saturated rings. The number of aromatic nitrogens is 4. The average Bonchev–Trinajstić information content (AvgIpc) is 4.23. The number of H-pyrrole nitrogens is 2. The minimum atomic E-state index is -0.512. The number of hydrogen-bond donors (Lipinski definition) is 3. The third-order valence-corrected chi connectivity index (χ3v) is 12.6. The summed E-state index contributed by atoms with van der Waals surface area (Å²) in [4.78, 5) is 44.2. The lowest BCUT2D eigenvalue weighted by atomic mass is 10.0. The van der Waals surface area contributed by atoms with E-state index in [9.17, 15) is 14.7 Å². The molecule has 10 rings (SSSR count). The third kappa shape index (κ3) is 9.40. The van der Waals surface area contributed by atoms with Crippen LogP contribution in [0.15, 0.2) is 140 Å². The maximum absolute atomic E-state index is 13.3. The fraction of sp³-hybridized carbons (Fsp3) is 0.133. The summed E-state index contributed by atoms with van der Waals surface area (Å²) in [6, 6.07) is 46.0. The summed E-state index contributed by atoms with van der Waals surface area (Å²) in [7, 11) is 1.51. The number of nitrogens with one attached hydrogen (secondary N) is 2. The first kappa shape index (κ1) is 45.0. The second kappa shape index (κ2) is 19.5. The predicted octanol–water partition coefficient (Wildman–Crippen LogP) is 13.3. The van der Waals surface area contributed by atoms with Crippen LogP contribution in [0.4, 0.5) is 0 Å². The second-order valence-electron chi connectivity index (χ2n) is 17.6. The maximum atomic E-state index is 13.3. The molecular weight excluding hydrogens is 873 g/mol. The van der Waals surface area contributed by atoms with Crippen LogP contribution in [0.2, 0.25) is 0 Å². The van der Waals surface area contributed by atoms with Gasteiger partial charge in [-0.2, -0.15) is 0 Å². The number of benzene rings is 5. The summed E-state index contributed by atoms with van der Waals surface area (Å²) in [6.45, 7) is 6.37. The largest absolute Gasteiger partial charge is 0.508 e. The molecule has 346 valence electrons. The number of esters is 2. The Morgan fingerprint density at radius 2 is 0.886 bits per heavy atom. The van der Waals surface area contributed by atoms with Crippen molar-refractivity contribution in [3.63, 3.8) is 0 Å². The van der Waals surface area contributed by atoms with Gasteiger partial charge in [-0.25, -0.2) is 14.8 Å². The number of carbonyl (C=O) groups is 2. The molecule has 8 aromatic rings. The molecule has 70 heavy (non-hydrogen) atoms. The number of ether oxygens (including phenoxy) is 3. The van der Waals surface area contributed by atoms with E-state index in [1.54, 1.807) is 24.3 Å². The van der Waals surface area contributed by atoms with Crippen molar-refractivity contribution in [2.24, 2.45) is 0 Å². The van der Waals surface area contributed by atoms with Crippen molar-refractivity contribution >= 4 is 58.3 Å². The highest BCUT2D eigenvalue weighted by atomic mass is 16.5. The van der Waals surface area contributed by atoms with Crippen LogP contribution in [0.5, 0.6) is 11.5 Å². The Labute approximate surface area is 405 Å². The van der Waals surface area contributed by atoms with E-state index in [0.717, 1.165) is 100 Å². The molecule has 2 aliphatic heterocycles. The minimum absolute atomic E-state index is 0.0185. The quantitative estimate of drug-likeness (QED) is 0.0813. The van der Waals surface area contributed by atoms with E-state index in [1.165, 1.54) is 18.7 Å². The zero-order chi connectivity index (χ0) is 48.3. The van der Waals surface area contributed by atoms with Crippen molar-refractivity contribution < 1.29 is 28.9 Å². The molecule has 0 spiro atoms. The van der Waals surface area contributed by atoms with Gasteiger partial charge in [-0.15, -0.1) is 0 Å². The van der Waals surface area contributed by atoms with Crippen LogP contribution in [-0.2, 0) is 20.7 Å². The van der Waals surface area contributed by atoms with Crippen LogP contribution in [0.1, 0.15) is 61.8 Å². The highest BCUT2D eigenvalue weighted by Gasteiger charge is 2.20. The number of phenols is 1. The zero-order valence-corrected chi connectivity index (χ0v) is 39.3. The number of fused-ring (bicyclic) bond motifs is 8. The lowest BCUT2D eigenvalue weighted by Gasteiger charge is -2.09. The molecule has 10 nitrogen and oxygen atoms in total. The predicted molar refractivity (Wildman–Crippen MR) is 279 cm³/mol. The summed E-state index contributed by atoms with van der Waals surface area (Å²) in [5, 5.41) is 10.1. The monoisotopic (exact) mass is 922 g/mol. The summed E-state index contributed by atoms with van der Waals surface area (Å²) < 4.78 is 16.1. The molecule has 5 heterocycles. The van der Waals surface area contributed by atoms with Gasteiger partial charge in [0.05, 0.1) is 55.1 Å². The Morgan fingerprint density at radius 1 is 0.500 bits per heavy atom. The van der Waals surface area contributed by atoms with Gasteiger partial charge in [-0.1, -0.05) is 102 Å². The van der Waals surface area contributed by atoms with Gasteiger partial charge in [-0.3, -0.25) is 4.79 Å². The van der Waals surface area contributed by atoms with Gasteiger partial charge >= 0.3 is 11.9 Å². The SMILES string of the molecule is COc1ccc(O)c(CC(=O)OCCCOC(=O)c2ccc(-c3c4nc(c(-c5ccc(C)cc5)c5ccc([nH]5)c(-c5ccc(C)cc5)c5nc(c(-c6ccc(C)cc6)c6ccc3[nH]6)C=C5)C=C4)cc2)c1. The van der Waals surface area contributed by atoms with Crippen LogP contribution in [-0.4, -0.2) is 57.3 Å². The number of nitrogens with zero attached hydrogens (tertiary/aromatic N) is 2. The molecule has 3 aromatic heterocycles. The highest BCUT2D eigenvalue weighted by Crippen LogP contribution is 2.39. The van der Waals surface area contributed by atoms with Crippen molar-refractivity contribution in [2.75, 3.05) is 20.3 Å². The summed E-state index contributed by atoms with van der Waals surface area (Å²) in [5.41, 5.74) is 18.7. The van der Waals surface area contributed by atoms with Crippen molar-refractivity contribution in [3.8, 4) is 56.0 Å². The summed E-state index contributed by atoms with van der Waals surface area (Å²) in [6.07, 6.45) is 8.51. The molecular formula is C60H50N4O6. The van der Waals surface area contributed by atoms with Crippen LogP contribution >= 0.6 is 0 Å². The van der Waals surface area contributed by atoms with Gasteiger partial charge in [0.25, 0.3) is 0 Å². The first-order valence-corrected chi connectivity index (χ1v) is 23.2. The molecule has 0 atom stereocenters. The number of hydrogen-bond acceptors (Lipinski definition) is 8. The number of phenolic OH excluding ortho intramolecular Hbond substituents is 1. The van der Waals surface area contributed by atoms with Gasteiger partial charge < -0.3 is 29.3 Å². The fourth-order valence-electron chi connectivity index (χ4n) is 8.88. The van der Waals surface area contributed by atoms with E-state index in [4.69, 9.17) is 24.2 Å². The summed E-state index contributed by atoms with van der Waals surface area (Å²) >= 11 is 0. The molecule has 0 saturated heterocycles. The van der Waals surface area contributed by atoms with Gasteiger partial charge in [-0.05, 0) is 122 Å². The number of carbonyl (C=O) groups excluding carboxylic acids is 2. The maximum Gasteiger partial charge on any atom is 0.338 e. The number of methoxy groups -OCH3 is 1. The minimum Gasteiger partial charge on any atom is -0.508 e. The second-order valence-corrected chi connectivity index (χ2v) is 17.6. The van der Waals surface area contributed by atoms with E-state index in [2.05, 4.69) is 152 Å². The normalized spacial score (nSPS) is 11.7. The van der Waals surface area contributed by atoms with Gasteiger partial charge in [0, 0.05) is 56.3 Å². The average molecular weight is 923 g/mol. The molecule has 0 unspecified atom stereocenters. The Bertz CT molecular complexity index is 3480. The van der Waals surface area contributed by atoms with Crippen molar-refractivity contribution in [2.45, 2.75) is 33.6 Å². The molecule has 2 aliphatic rings.